The fourth-order valence-corrected chi connectivity index (χ4v) is 6.07. The topological polar surface area (TPSA) is 110 Å². The number of anilines is 1. The number of carbonyl (C=O) groups is 2. The standard InChI is InChI=1S/C30H34N4O3S/c1-4-30(2,3)21-10-11-23-19(14-21)13-20-16-26(38-29(20)34-23)28(36)33-24(17-31)18-7-5-8-22(15-18)32-27(35)25-9-6-12-37-25/h5-9,12-13,15-16,21,24H,4,10-11,14,17,31H2,1-3H3,(H,32,35)(H,33,36)/t21-,24-/m1/s1. The summed E-state index contributed by atoms with van der Waals surface area (Å²) in [5.41, 5.74) is 10.2. The smallest absolute Gasteiger partial charge is 0.291 e. The molecule has 1 aliphatic rings. The Kier molecular flexibility index (Phi) is 7.36. The quantitative estimate of drug-likeness (QED) is 0.254. The van der Waals surface area contributed by atoms with E-state index in [0.717, 1.165) is 41.5 Å². The second kappa shape index (κ2) is 10.7. The Morgan fingerprint density at radius 3 is 2.76 bits per heavy atom. The van der Waals surface area contributed by atoms with Gasteiger partial charge in [0.1, 0.15) is 4.83 Å². The molecule has 3 aromatic heterocycles. The summed E-state index contributed by atoms with van der Waals surface area (Å²) < 4.78 is 5.16. The first kappa shape index (κ1) is 26.1. The third kappa shape index (κ3) is 5.37. The summed E-state index contributed by atoms with van der Waals surface area (Å²) in [5.74, 6) is 0.344. The van der Waals surface area contributed by atoms with Crippen molar-refractivity contribution in [2.24, 2.45) is 17.1 Å². The van der Waals surface area contributed by atoms with Crippen molar-refractivity contribution in [1.82, 2.24) is 10.3 Å². The molecule has 7 nitrogen and oxygen atoms in total. The number of nitrogens with one attached hydrogen (secondary N) is 2. The highest BCUT2D eigenvalue weighted by Crippen LogP contribution is 2.40. The Labute approximate surface area is 226 Å². The number of rotatable bonds is 8. The monoisotopic (exact) mass is 530 g/mol. The lowest BCUT2D eigenvalue weighted by Crippen LogP contribution is -2.33. The molecule has 0 aliphatic heterocycles. The maximum absolute atomic E-state index is 13.3. The first-order chi connectivity index (χ1) is 18.3. The van der Waals surface area contributed by atoms with Gasteiger partial charge in [-0.15, -0.1) is 11.3 Å². The van der Waals surface area contributed by atoms with Crippen molar-refractivity contribution in [2.75, 3.05) is 11.9 Å². The van der Waals surface area contributed by atoms with Crippen LogP contribution in [0.3, 0.4) is 0 Å². The number of nitrogens with zero attached hydrogens (tertiary/aromatic N) is 1. The molecule has 1 aromatic carbocycles. The van der Waals surface area contributed by atoms with Gasteiger partial charge in [-0.05, 0) is 78.1 Å². The van der Waals surface area contributed by atoms with Gasteiger partial charge in [-0.1, -0.05) is 39.3 Å². The van der Waals surface area contributed by atoms with Crippen LogP contribution in [-0.4, -0.2) is 23.3 Å². The summed E-state index contributed by atoms with van der Waals surface area (Å²) >= 11 is 1.42. The number of amides is 2. The van der Waals surface area contributed by atoms with Crippen molar-refractivity contribution in [3.63, 3.8) is 0 Å². The normalized spacial score (nSPS) is 16.2. The van der Waals surface area contributed by atoms with Gasteiger partial charge in [0.15, 0.2) is 5.76 Å². The molecule has 8 heteroatoms. The molecule has 4 aromatic rings. The third-order valence-corrected chi connectivity index (χ3v) is 8.99. The molecule has 0 fully saturated rings. The number of carbonyl (C=O) groups excluding carboxylic acids is 2. The Morgan fingerprint density at radius 2 is 2.03 bits per heavy atom. The molecule has 3 heterocycles. The number of aryl methyl sites for hydroxylation is 1. The highest BCUT2D eigenvalue weighted by atomic mass is 32.1. The Hall–Kier alpha value is -3.49. The number of fused-ring (bicyclic) bond motifs is 2. The summed E-state index contributed by atoms with van der Waals surface area (Å²) in [6.45, 7) is 7.20. The van der Waals surface area contributed by atoms with Crippen LogP contribution in [0.25, 0.3) is 10.2 Å². The maximum Gasteiger partial charge on any atom is 0.291 e. The summed E-state index contributed by atoms with van der Waals surface area (Å²) in [6, 6.07) is 14.3. The van der Waals surface area contributed by atoms with E-state index < -0.39 is 6.04 Å². The van der Waals surface area contributed by atoms with Crippen molar-refractivity contribution < 1.29 is 14.0 Å². The van der Waals surface area contributed by atoms with Crippen LogP contribution >= 0.6 is 11.3 Å². The predicted octanol–water partition coefficient (Wildman–Crippen LogP) is 6.11. The molecule has 198 valence electrons. The molecule has 0 bridgehead atoms. The van der Waals surface area contributed by atoms with Gasteiger partial charge in [-0.2, -0.15) is 0 Å². The Morgan fingerprint density at radius 1 is 1.18 bits per heavy atom. The number of pyridine rings is 1. The minimum absolute atomic E-state index is 0.184. The van der Waals surface area contributed by atoms with E-state index in [4.69, 9.17) is 15.1 Å². The molecule has 2 amide bonds. The van der Waals surface area contributed by atoms with Gasteiger partial charge in [0.2, 0.25) is 0 Å². The van der Waals surface area contributed by atoms with E-state index in [9.17, 15) is 9.59 Å². The van der Waals surface area contributed by atoms with E-state index in [-0.39, 0.29) is 24.1 Å². The molecule has 5 rings (SSSR count). The zero-order valence-electron chi connectivity index (χ0n) is 22.0. The second-order valence-corrected chi connectivity index (χ2v) is 11.7. The number of benzene rings is 1. The van der Waals surface area contributed by atoms with Crippen molar-refractivity contribution in [1.29, 1.82) is 0 Å². The molecule has 0 saturated heterocycles. The summed E-state index contributed by atoms with van der Waals surface area (Å²) in [7, 11) is 0. The molecule has 1 aliphatic carbocycles. The lowest BCUT2D eigenvalue weighted by Gasteiger charge is -2.36. The number of aromatic nitrogens is 1. The number of hydrogen-bond acceptors (Lipinski definition) is 6. The van der Waals surface area contributed by atoms with Gasteiger partial charge < -0.3 is 20.8 Å². The van der Waals surface area contributed by atoms with E-state index in [1.54, 1.807) is 18.2 Å². The molecule has 2 atom stereocenters. The number of hydrogen-bond donors (Lipinski definition) is 3. The average Bonchev–Trinajstić information content (AvgIpc) is 3.60. The van der Waals surface area contributed by atoms with Crippen molar-refractivity contribution in [3.8, 4) is 0 Å². The number of furan rings is 1. The van der Waals surface area contributed by atoms with Gasteiger partial charge in [0.25, 0.3) is 11.8 Å². The fourth-order valence-electron chi connectivity index (χ4n) is 5.13. The lowest BCUT2D eigenvalue weighted by molar-refractivity contribution is 0.0940. The maximum atomic E-state index is 13.3. The third-order valence-electron chi connectivity index (χ3n) is 7.95. The minimum atomic E-state index is -0.411. The van der Waals surface area contributed by atoms with E-state index >= 15 is 0 Å². The summed E-state index contributed by atoms with van der Waals surface area (Å²) in [4.78, 5) is 32.1. The molecule has 0 radical (unpaired) electrons. The minimum Gasteiger partial charge on any atom is -0.459 e. The van der Waals surface area contributed by atoms with E-state index in [0.29, 0.717) is 21.9 Å². The average molecular weight is 531 g/mol. The molecule has 0 saturated carbocycles. The molecule has 0 unspecified atom stereocenters. The highest BCUT2D eigenvalue weighted by Gasteiger charge is 2.32. The van der Waals surface area contributed by atoms with Crippen molar-refractivity contribution >= 4 is 39.1 Å². The first-order valence-electron chi connectivity index (χ1n) is 13.2. The van der Waals surface area contributed by atoms with Crippen LogP contribution in [0.5, 0.6) is 0 Å². The van der Waals surface area contributed by atoms with Crippen LogP contribution in [0.1, 0.15) is 76.7 Å². The molecule has 38 heavy (non-hydrogen) atoms. The number of thiophene rings is 1. The van der Waals surface area contributed by atoms with E-state index in [1.807, 2.05) is 24.3 Å². The van der Waals surface area contributed by atoms with Crippen LogP contribution in [0, 0.1) is 11.3 Å². The van der Waals surface area contributed by atoms with Crippen LogP contribution in [0.15, 0.2) is 59.2 Å². The van der Waals surface area contributed by atoms with Crippen LogP contribution < -0.4 is 16.4 Å². The predicted molar refractivity (Wildman–Crippen MR) is 152 cm³/mol. The highest BCUT2D eigenvalue weighted by molar-refractivity contribution is 7.20. The first-order valence-corrected chi connectivity index (χ1v) is 14.0. The Balaban J connectivity index is 1.31. The van der Waals surface area contributed by atoms with E-state index in [1.165, 1.54) is 28.9 Å². The van der Waals surface area contributed by atoms with Gasteiger partial charge in [-0.3, -0.25) is 9.59 Å². The van der Waals surface area contributed by atoms with Crippen LogP contribution in [0.4, 0.5) is 5.69 Å². The Bertz CT molecular complexity index is 1460. The van der Waals surface area contributed by atoms with E-state index in [2.05, 4.69) is 37.5 Å². The van der Waals surface area contributed by atoms with Gasteiger partial charge in [-0.25, -0.2) is 4.98 Å². The zero-order chi connectivity index (χ0) is 26.9. The largest absolute Gasteiger partial charge is 0.459 e. The fraction of sp³-hybridized carbons (Fsp3) is 0.367. The number of nitrogens with two attached hydrogens (primary N) is 1. The van der Waals surface area contributed by atoms with Gasteiger partial charge >= 0.3 is 0 Å². The van der Waals surface area contributed by atoms with Crippen molar-refractivity contribution in [2.45, 2.75) is 52.5 Å². The zero-order valence-corrected chi connectivity index (χ0v) is 22.9. The van der Waals surface area contributed by atoms with Gasteiger partial charge in [0.05, 0.1) is 17.2 Å². The molecule has 4 N–H and O–H groups in total. The summed E-state index contributed by atoms with van der Waals surface area (Å²) in [5, 5.41) is 6.89. The second-order valence-electron chi connectivity index (χ2n) is 10.7. The lowest BCUT2D eigenvalue weighted by atomic mass is 9.69. The van der Waals surface area contributed by atoms with Crippen molar-refractivity contribution in [3.05, 3.63) is 82.3 Å². The molecular weight excluding hydrogens is 496 g/mol. The van der Waals surface area contributed by atoms with Gasteiger partial charge in [0, 0.05) is 23.3 Å². The molecule has 0 spiro atoms. The molecular formula is C30H34N4O3S. The summed E-state index contributed by atoms with van der Waals surface area (Å²) in [6.07, 6.45) is 5.80. The van der Waals surface area contributed by atoms with Crippen LogP contribution in [0.2, 0.25) is 0 Å². The SMILES string of the molecule is CCC(C)(C)[C@@H]1CCc2nc3sc(C(=O)N[C@H](CN)c4cccc(NC(=O)c5ccco5)c4)cc3cc2C1. The van der Waals surface area contributed by atoms with Crippen LogP contribution in [-0.2, 0) is 12.8 Å².